The van der Waals surface area contributed by atoms with E-state index < -0.39 is 0 Å². The van der Waals surface area contributed by atoms with E-state index in [2.05, 4.69) is 4.98 Å². The number of Topliss-reactive ketones (excluding diaryl/α,β-unsaturated/α-hetero) is 1. The van der Waals surface area contributed by atoms with E-state index in [1.165, 1.54) is 6.92 Å². The summed E-state index contributed by atoms with van der Waals surface area (Å²) in [5.74, 6) is 0.599. The summed E-state index contributed by atoms with van der Waals surface area (Å²) in [6.45, 7) is 5.10. The van der Waals surface area contributed by atoms with Crippen molar-refractivity contribution in [2.75, 3.05) is 6.61 Å². The summed E-state index contributed by atoms with van der Waals surface area (Å²) in [6, 6.07) is 1.75. The predicted molar refractivity (Wildman–Crippen MR) is 55.8 cm³/mol. The monoisotopic (exact) mass is 209 g/mol. The Morgan fingerprint density at radius 2 is 2.20 bits per heavy atom. The second-order valence-electron chi connectivity index (χ2n) is 3.49. The molecule has 0 radical (unpaired) electrons. The molecule has 0 aliphatic carbocycles. The largest absolute Gasteiger partial charge is 0.484 e. The van der Waals surface area contributed by atoms with Crippen LogP contribution >= 0.6 is 0 Å². The van der Waals surface area contributed by atoms with Crippen molar-refractivity contribution in [2.24, 2.45) is 0 Å². The van der Waals surface area contributed by atoms with Crippen LogP contribution in [0.15, 0.2) is 6.07 Å². The Morgan fingerprint density at radius 3 is 2.67 bits per heavy atom. The molecule has 0 aliphatic heterocycles. The minimum absolute atomic E-state index is 0.0277. The van der Waals surface area contributed by atoms with Crippen LogP contribution in [0.4, 0.5) is 0 Å². The summed E-state index contributed by atoms with van der Waals surface area (Å²) in [5, 5.41) is 8.94. The second-order valence-corrected chi connectivity index (χ2v) is 3.49. The molecule has 0 aromatic carbocycles. The van der Waals surface area contributed by atoms with E-state index in [1.807, 2.05) is 6.92 Å². The maximum atomic E-state index is 10.8. The van der Waals surface area contributed by atoms with Crippen molar-refractivity contribution in [1.82, 2.24) is 4.98 Å². The van der Waals surface area contributed by atoms with Crippen LogP contribution in [-0.2, 0) is 11.4 Å². The Labute approximate surface area is 88.9 Å². The van der Waals surface area contributed by atoms with Gasteiger partial charge >= 0.3 is 0 Å². The van der Waals surface area contributed by atoms with E-state index in [4.69, 9.17) is 9.84 Å². The van der Waals surface area contributed by atoms with Crippen molar-refractivity contribution in [3.63, 3.8) is 0 Å². The summed E-state index contributed by atoms with van der Waals surface area (Å²) < 4.78 is 5.33. The molecular formula is C11H15NO3. The molecular weight excluding hydrogens is 194 g/mol. The second kappa shape index (κ2) is 4.89. The van der Waals surface area contributed by atoms with Crippen LogP contribution in [0, 0.1) is 13.8 Å². The third-order valence-electron chi connectivity index (χ3n) is 1.96. The number of nitrogens with zero attached hydrogens (tertiary/aromatic N) is 1. The third kappa shape index (κ3) is 3.02. The molecule has 0 amide bonds. The highest BCUT2D eigenvalue weighted by molar-refractivity contribution is 5.77. The number of carbonyl (C=O) groups excluding carboxylic acids is 1. The number of hydrogen-bond acceptors (Lipinski definition) is 4. The normalized spacial score (nSPS) is 10.1. The Hall–Kier alpha value is -1.42. The summed E-state index contributed by atoms with van der Waals surface area (Å²) in [6.07, 6.45) is 0. The fourth-order valence-electron chi connectivity index (χ4n) is 1.37. The maximum absolute atomic E-state index is 10.8. The van der Waals surface area contributed by atoms with Crippen LogP contribution in [0.25, 0.3) is 0 Å². The third-order valence-corrected chi connectivity index (χ3v) is 1.96. The fraction of sp³-hybridized carbons (Fsp3) is 0.455. The van der Waals surface area contributed by atoms with E-state index in [-0.39, 0.29) is 19.0 Å². The molecule has 4 nitrogen and oxygen atoms in total. The lowest BCUT2D eigenvalue weighted by Gasteiger charge is -2.11. The van der Waals surface area contributed by atoms with Gasteiger partial charge in [-0.1, -0.05) is 0 Å². The minimum atomic E-state index is -0.0886. The van der Waals surface area contributed by atoms with Crippen molar-refractivity contribution < 1.29 is 14.6 Å². The van der Waals surface area contributed by atoms with Gasteiger partial charge in [-0.05, 0) is 32.4 Å². The van der Waals surface area contributed by atoms with Gasteiger partial charge in [-0.2, -0.15) is 0 Å². The van der Waals surface area contributed by atoms with Gasteiger partial charge in [0.15, 0.2) is 5.78 Å². The molecule has 0 spiro atoms. The van der Waals surface area contributed by atoms with Crippen LogP contribution in [0.5, 0.6) is 5.75 Å². The number of hydrogen-bond donors (Lipinski definition) is 1. The number of ether oxygens (including phenoxy) is 1. The lowest BCUT2D eigenvalue weighted by Crippen LogP contribution is -2.09. The van der Waals surface area contributed by atoms with Gasteiger partial charge in [0.1, 0.15) is 12.4 Å². The quantitative estimate of drug-likeness (QED) is 0.808. The fourth-order valence-corrected chi connectivity index (χ4v) is 1.37. The zero-order chi connectivity index (χ0) is 11.4. The minimum Gasteiger partial charge on any atom is -0.484 e. The van der Waals surface area contributed by atoms with Crippen molar-refractivity contribution in [3.05, 3.63) is 23.0 Å². The van der Waals surface area contributed by atoms with Gasteiger partial charge in [0.05, 0.1) is 18.0 Å². The molecule has 0 fully saturated rings. The molecule has 1 rings (SSSR count). The molecule has 4 heteroatoms. The summed E-state index contributed by atoms with van der Waals surface area (Å²) >= 11 is 0. The summed E-state index contributed by atoms with van der Waals surface area (Å²) in [4.78, 5) is 14.9. The van der Waals surface area contributed by atoms with Crippen molar-refractivity contribution in [2.45, 2.75) is 27.4 Å². The molecule has 1 heterocycles. The van der Waals surface area contributed by atoms with Crippen LogP contribution < -0.4 is 4.74 Å². The molecule has 0 atom stereocenters. The number of aryl methyl sites for hydroxylation is 2. The smallest absolute Gasteiger partial charge is 0.167 e. The molecule has 0 aliphatic rings. The van der Waals surface area contributed by atoms with Gasteiger partial charge in [0, 0.05) is 0 Å². The standard InChI is InChI=1S/C11H15NO3/c1-7-4-10(5-13)12-9(3)11(7)15-6-8(2)14/h4,13H,5-6H2,1-3H3. The molecule has 1 aromatic heterocycles. The number of aliphatic hydroxyl groups excluding tert-OH is 1. The first-order valence-electron chi connectivity index (χ1n) is 4.74. The summed E-state index contributed by atoms with van der Waals surface area (Å²) in [5.41, 5.74) is 2.19. The number of carbonyl (C=O) groups is 1. The first kappa shape index (κ1) is 11.7. The van der Waals surface area contributed by atoms with Crippen LogP contribution in [0.1, 0.15) is 23.9 Å². The van der Waals surface area contributed by atoms with E-state index in [9.17, 15) is 4.79 Å². The number of pyridine rings is 1. The Balaban J connectivity index is 2.92. The molecule has 82 valence electrons. The topological polar surface area (TPSA) is 59.4 Å². The van der Waals surface area contributed by atoms with Gasteiger partial charge in [0.2, 0.25) is 0 Å². The molecule has 1 aromatic rings. The van der Waals surface area contributed by atoms with E-state index in [0.717, 1.165) is 5.56 Å². The van der Waals surface area contributed by atoms with E-state index in [0.29, 0.717) is 17.1 Å². The van der Waals surface area contributed by atoms with E-state index >= 15 is 0 Å². The van der Waals surface area contributed by atoms with Crippen molar-refractivity contribution >= 4 is 5.78 Å². The van der Waals surface area contributed by atoms with Gasteiger partial charge in [0.25, 0.3) is 0 Å². The van der Waals surface area contributed by atoms with Gasteiger partial charge in [-0.25, -0.2) is 0 Å². The first-order valence-corrected chi connectivity index (χ1v) is 4.74. The summed E-state index contributed by atoms with van der Waals surface area (Å²) in [7, 11) is 0. The number of aliphatic hydroxyl groups is 1. The zero-order valence-corrected chi connectivity index (χ0v) is 9.20. The highest BCUT2D eigenvalue weighted by Crippen LogP contribution is 2.22. The average molecular weight is 209 g/mol. The van der Waals surface area contributed by atoms with Crippen LogP contribution in [0.3, 0.4) is 0 Å². The van der Waals surface area contributed by atoms with E-state index in [1.54, 1.807) is 13.0 Å². The van der Waals surface area contributed by atoms with Gasteiger partial charge in [-0.15, -0.1) is 0 Å². The van der Waals surface area contributed by atoms with Gasteiger partial charge < -0.3 is 9.84 Å². The lowest BCUT2D eigenvalue weighted by atomic mass is 10.2. The van der Waals surface area contributed by atoms with Crippen molar-refractivity contribution in [3.8, 4) is 5.75 Å². The first-order chi connectivity index (χ1) is 7.04. The Bertz CT molecular complexity index is 351. The number of rotatable bonds is 4. The predicted octanol–water partition coefficient (Wildman–Crippen LogP) is 1.16. The van der Waals surface area contributed by atoms with Gasteiger partial charge in [-0.3, -0.25) is 9.78 Å². The molecule has 15 heavy (non-hydrogen) atoms. The number of ketones is 1. The van der Waals surface area contributed by atoms with Crippen molar-refractivity contribution in [1.29, 1.82) is 0 Å². The van der Waals surface area contributed by atoms with Crippen LogP contribution in [-0.4, -0.2) is 22.5 Å². The Morgan fingerprint density at radius 1 is 1.53 bits per heavy atom. The highest BCUT2D eigenvalue weighted by Gasteiger charge is 2.08. The molecule has 0 unspecified atom stereocenters. The molecule has 1 N–H and O–H groups in total. The molecule has 0 saturated heterocycles. The lowest BCUT2D eigenvalue weighted by molar-refractivity contribution is -0.118. The SMILES string of the molecule is CC(=O)COc1c(C)cc(CO)nc1C. The zero-order valence-electron chi connectivity index (χ0n) is 9.20. The molecule has 0 bridgehead atoms. The maximum Gasteiger partial charge on any atom is 0.167 e. The average Bonchev–Trinajstić information content (AvgIpc) is 2.15. The number of aromatic nitrogens is 1. The Kier molecular flexibility index (Phi) is 3.80. The van der Waals surface area contributed by atoms with Crippen LogP contribution in [0.2, 0.25) is 0 Å². The molecule has 0 saturated carbocycles. The highest BCUT2D eigenvalue weighted by atomic mass is 16.5.